The van der Waals surface area contributed by atoms with Crippen LogP contribution in [0.5, 0.6) is 0 Å². The molecule has 0 spiro atoms. The van der Waals surface area contributed by atoms with E-state index >= 15 is 0 Å². The molecule has 0 saturated heterocycles. The first-order chi connectivity index (χ1) is 9.00. The highest BCUT2D eigenvalue weighted by Crippen LogP contribution is 2.31. The van der Waals surface area contributed by atoms with Crippen LogP contribution in [-0.2, 0) is 11.2 Å². The molecule has 0 aliphatic carbocycles. The summed E-state index contributed by atoms with van der Waals surface area (Å²) in [7, 11) is 0. The molecule has 104 valence electrons. The second-order valence-electron chi connectivity index (χ2n) is 5.91. The third-order valence-electron chi connectivity index (χ3n) is 3.73. The van der Waals surface area contributed by atoms with Gasteiger partial charge in [0.15, 0.2) is 0 Å². The summed E-state index contributed by atoms with van der Waals surface area (Å²) in [6.07, 6.45) is 2.83. The molecule has 0 fully saturated rings. The first-order valence-corrected chi connectivity index (χ1v) is 7.16. The summed E-state index contributed by atoms with van der Waals surface area (Å²) in [5.41, 5.74) is 9.60. The van der Waals surface area contributed by atoms with Gasteiger partial charge in [0.05, 0.1) is 6.04 Å². The lowest BCUT2D eigenvalue weighted by Gasteiger charge is -2.33. The fraction of sp³-hybridized carbons (Fsp3) is 0.562. The SMILES string of the molecule is Cc1cccc2c1N(C(=O)[C@H](N)CC(C)C)CCC2. The number of fused-ring (bicyclic) bond motifs is 1. The Bertz CT molecular complexity index is 468. The van der Waals surface area contributed by atoms with E-state index in [-0.39, 0.29) is 11.9 Å². The molecule has 0 aromatic heterocycles. The molecule has 0 saturated carbocycles. The third kappa shape index (κ3) is 2.98. The number of aryl methyl sites for hydroxylation is 2. The van der Waals surface area contributed by atoms with Crippen molar-refractivity contribution in [3.63, 3.8) is 0 Å². The van der Waals surface area contributed by atoms with Gasteiger partial charge >= 0.3 is 0 Å². The lowest BCUT2D eigenvalue weighted by Crippen LogP contribution is -2.46. The van der Waals surface area contributed by atoms with Crippen molar-refractivity contribution in [1.29, 1.82) is 0 Å². The molecule has 1 aromatic rings. The predicted molar refractivity (Wildman–Crippen MR) is 79.3 cm³/mol. The Balaban J connectivity index is 2.26. The number of benzene rings is 1. The van der Waals surface area contributed by atoms with Gasteiger partial charge in [-0.05, 0) is 43.2 Å². The predicted octanol–water partition coefficient (Wildman–Crippen LogP) is 2.65. The number of carbonyl (C=O) groups is 1. The van der Waals surface area contributed by atoms with Gasteiger partial charge in [0.25, 0.3) is 0 Å². The minimum atomic E-state index is -0.384. The number of hydrogen-bond donors (Lipinski definition) is 1. The van der Waals surface area contributed by atoms with Crippen LogP contribution >= 0.6 is 0 Å². The number of para-hydroxylation sites is 1. The number of hydrogen-bond acceptors (Lipinski definition) is 2. The van der Waals surface area contributed by atoms with Gasteiger partial charge in [-0.25, -0.2) is 0 Å². The first-order valence-electron chi connectivity index (χ1n) is 7.16. The monoisotopic (exact) mass is 260 g/mol. The lowest BCUT2D eigenvalue weighted by molar-refractivity contribution is -0.120. The van der Waals surface area contributed by atoms with E-state index in [1.54, 1.807) is 0 Å². The average molecular weight is 260 g/mol. The highest BCUT2D eigenvalue weighted by molar-refractivity contribution is 5.98. The number of nitrogens with two attached hydrogens (primary N) is 1. The number of nitrogens with zero attached hydrogens (tertiary/aromatic N) is 1. The van der Waals surface area contributed by atoms with Crippen molar-refractivity contribution >= 4 is 11.6 Å². The van der Waals surface area contributed by atoms with Crippen LogP contribution in [0.2, 0.25) is 0 Å². The van der Waals surface area contributed by atoms with E-state index in [0.717, 1.165) is 31.5 Å². The zero-order valence-electron chi connectivity index (χ0n) is 12.1. The van der Waals surface area contributed by atoms with Crippen LogP contribution in [0.4, 0.5) is 5.69 Å². The van der Waals surface area contributed by atoms with E-state index in [4.69, 9.17) is 5.73 Å². The maximum Gasteiger partial charge on any atom is 0.243 e. The second-order valence-corrected chi connectivity index (χ2v) is 5.91. The van der Waals surface area contributed by atoms with E-state index in [9.17, 15) is 4.79 Å². The molecule has 2 rings (SSSR count). The standard InChI is InChI=1S/C16H24N2O/c1-11(2)10-14(17)16(19)18-9-5-8-13-7-4-6-12(3)15(13)18/h4,6-7,11,14H,5,8-10,17H2,1-3H3/t14-/m1/s1. The Morgan fingerprint density at radius 3 is 2.84 bits per heavy atom. The van der Waals surface area contributed by atoms with Gasteiger partial charge in [-0.15, -0.1) is 0 Å². The Morgan fingerprint density at radius 1 is 1.42 bits per heavy atom. The first kappa shape index (κ1) is 14.1. The summed E-state index contributed by atoms with van der Waals surface area (Å²) >= 11 is 0. The molecule has 1 aromatic carbocycles. The molecule has 0 unspecified atom stereocenters. The summed E-state index contributed by atoms with van der Waals surface area (Å²) in [5, 5.41) is 0. The number of amides is 1. The molecule has 1 atom stereocenters. The molecule has 3 heteroatoms. The molecule has 1 amide bonds. The molecular weight excluding hydrogens is 236 g/mol. The van der Waals surface area contributed by atoms with E-state index in [1.807, 2.05) is 4.90 Å². The van der Waals surface area contributed by atoms with Crippen molar-refractivity contribution in [2.75, 3.05) is 11.4 Å². The summed E-state index contributed by atoms with van der Waals surface area (Å²) in [5.74, 6) is 0.518. The van der Waals surface area contributed by atoms with Crippen LogP contribution in [0.1, 0.15) is 37.8 Å². The number of rotatable bonds is 3. The zero-order valence-corrected chi connectivity index (χ0v) is 12.1. The fourth-order valence-corrected chi connectivity index (χ4v) is 2.88. The summed E-state index contributed by atoms with van der Waals surface area (Å²) in [4.78, 5) is 14.5. The van der Waals surface area contributed by atoms with Crippen LogP contribution in [0.3, 0.4) is 0 Å². The summed E-state index contributed by atoms with van der Waals surface area (Å²) < 4.78 is 0. The van der Waals surface area contributed by atoms with Crippen LogP contribution in [0.25, 0.3) is 0 Å². The third-order valence-corrected chi connectivity index (χ3v) is 3.73. The molecule has 1 heterocycles. The molecule has 0 bridgehead atoms. The van der Waals surface area contributed by atoms with E-state index in [0.29, 0.717) is 5.92 Å². The Labute approximate surface area is 115 Å². The van der Waals surface area contributed by atoms with Gasteiger partial charge in [0, 0.05) is 12.2 Å². The van der Waals surface area contributed by atoms with Crippen molar-refractivity contribution in [3.05, 3.63) is 29.3 Å². The number of anilines is 1. The topological polar surface area (TPSA) is 46.3 Å². The smallest absolute Gasteiger partial charge is 0.243 e. The Morgan fingerprint density at radius 2 is 2.16 bits per heavy atom. The van der Waals surface area contributed by atoms with Gasteiger partial charge in [0.2, 0.25) is 5.91 Å². The molecule has 0 radical (unpaired) electrons. The van der Waals surface area contributed by atoms with Crippen LogP contribution < -0.4 is 10.6 Å². The van der Waals surface area contributed by atoms with Gasteiger partial charge in [-0.3, -0.25) is 4.79 Å². The zero-order chi connectivity index (χ0) is 14.0. The van der Waals surface area contributed by atoms with Crippen LogP contribution in [-0.4, -0.2) is 18.5 Å². The van der Waals surface area contributed by atoms with Crippen molar-refractivity contribution in [2.24, 2.45) is 11.7 Å². The van der Waals surface area contributed by atoms with Crippen LogP contribution in [0.15, 0.2) is 18.2 Å². The maximum absolute atomic E-state index is 12.5. The normalized spacial score (nSPS) is 16.4. The van der Waals surface area contributed by atoms with Gasteiger partial charge in [-0.1, -0.05) is 32.0 Å². The van der Waals surface area contributed by atoms with E-state index in [2.05, 4.69) is 39.0 Å². The quantitative estimate of drug-likeness (QED) is 0.908. The van der Waals surface area contributed by atoms with Gasteiger partial charge < -0.3 is 10.6 Å². The molecule has 1 aliphatic rings. The second kappa shape index (κ2) is 5.74. The molecule has 19 heavy (non-hydrogen) atoms. The van der Waals surface area contributed by atoms with Crippen molar-refractivity contribution in [1.82, 2.24) is 0 Å². The fourth-order valence-electron chi connectivity index (χ4n) is 2.88. The van der Waals surface area contributed by atoms with Crippen LogP contribution in [0, 0.1) is 12.8 Å². The highest BCUT2D eigenvalue weighted by Gasteiger charge is 2.27. The maximum atomic E-state index is 12.5. The summed E-state index contributed by atoms with van der Waals surface area (Å²) in [6, 6.07) is 5.87. The van der Waals surface area contributed by atoms with E-state index in [1.165, 1.54) is 11.1 Å². The van der Waals surface area contributed by atoms with E-state index < -0.39 is 0 Å². The average Bonchev–Trinajstić information content (AvgIpc) is 2.36. The number of carbonyl (C=O) groups excluding carboxylic acids is 1. The van der Waals surface area contributed by atoms with Crippen molar-refractivity contribution < 1.29 is 4.79 Å². The molecular formula is C16H24N2O. The summed E-state index contributed by atoms with van der Waals surface area (Å²) in [6.45, 7) is 7.06. The molecule has 1 aliphatic heterocycles. The Kier molecular flexibility index (Phi) is 4.25. The Hall–Kier alpha value is -1.35. The van der Waals surface area contributed by atoms with Gasteiger partial charge in [0.1, 0.15) is 0 Å². The highest BCUT2D eigenvalue weighted by atomic mass is 16.2. The largest absolute Gasteiger partial charge is 0.320 e. The van der Waals surface area contributed by atoms with Gasteiger partial charge in [-0.2, -0.15) is 0 Å². The minimum absolute atomic E-state index is 0.0731. The minimum Gasteiger partial charge on any atom is -0.320 e. The molecule has 3 nitrogen and oxygen atoms in total. The van der Waals surface area contributed by atoms with Crippen molar-refractivity contribution in [2.45, 2.75) is 46.1 Å². The lowest BCUT2D eigenvalue weighted by atomic mass is 9.96. The van der Waals surface area contributed by atoms with Crippen molar-refractivity contribution in [3.8, 4) is 0 Å². The molecule has 2 N–H and O–H groups in total.